The summed E-state index contributed by atoms with van der Waals surface area (Å²) in [5, 5.41) is 0.824. The smallest absolute Gasteiger partial charge is 0.225 e. The Labute approximate surface area is 209 Å². The Balaban J connectivity index is 1.70. The number of fused-ring (bicyclic) bond motifs is 1. The first-order chi connectivity index (χ1) is 16.8. The molecule has 2 heterocycles. The summed E-state index contributed by atoms with van der Waals surface area (Å²) in [7, 11) is -1.91. The highest BCUT2D eigenvalue weighted by molar-refractivity contribution is 7.91. The number of nitrogens with two attached hydrogens (primary N) is 1. The fraction of sp³-hybridized carbons (Fsp3) is 0.480. The van der Waals surface area contributed by atoms with Crippen LogP contribution in [0.2, 0.25) is 0 Å². The van der Waals surface area contributed by atoms with Gasteiger partial charge in [-0.2, -0.15) is 0 Å². The largest absolute Gasteiger partial charge is 0.481 e. The van der Waals surface area contributed by atoms with Gasteiger partial charge in [-0.15, -0.1) is 0 Å². The third-order valence-corrected chi connectivity index (χ3v) is 9.37. The molecule has 35 heavy (non-hydrogen) atoms. The van der Waals surface area contributed by atoms with E-state index in [2.05, 4.69) is 4.98 Å². The van der Waals surface area contributed by atoms with Crippen LogP contribution in [0.3, 0.4) is 0 Å². The van der Waals surface area contributed by atoms with Gasteiger partial charge in [0.1, 0.15) is 10.3 Å². The van der Waals surface area contributed by atoms with E-state index in [1.807, 2.05) is 13.0 Å². The van der Waals surface area contributed by atoms with Crippen molar-refractivity contribution in [1.29, 1.82) is 0 Å². The Kier molecular flexibility index (Phi) is 8.03. The van der Waals surface area contributed by atoms with Crippen LogP contribution in [0.1, 0.15) is 55.0 Å². The zero-order valence-electron chi connectivity index (χ0n) is 20.0. The number of amides is 1. The van der Waals surface area contributed by atoms with Crippen LogP contribution in [0.5, 0.6) is 5.88 Å². The van der Waals surface area contributed by atoms with Crippen molar-refractivity contribution in [1.82, 2.24) is 9.97 Å². The van der Waals surface area contributed by atoms with Gasteiger partial charge < -0.3 is 15.2 Å². The summed E-state index contributed by atoms with van der Waals surface area (Å²) >= 11 is 1.46. The summed E-state index contributed by atoms with van der Waals surface area (Å²) in [5.41, 5.74) is 7.44. The summed E-state index contributed by atoms with van der Waals surface area (Å²) in [6.45, 7) is 2.43. The number of primary amides is 1. The van der Waals surface area contributed by atoms with E-state index in [0.717, 1.165) is 41.0 Å². The summed E-state index contributed by atoms with van der Waals surface area (Å²) < 4.78 is 35.7. The fourth-order valence-corrected chi connectivity index (χ4v) is 7.15. The maximum absolute atomic E-state index is 12.9. The number of carbonyl (C=O) groups excluding carboxylic acids is 1. The summed E-state index contributed by atoms with van der Waals surface area (Å²) in [5.74, 6) is -0.603. The Bertz CT molecular complexity index is 1270. The number of hydrogen-bond donors (Lipinski definition) is 1. The number of pyridine rings is 1. The van der Waals surface area contributed by atoms with Gasteiger partial charge >= 0.3 is 0 Å². The van der Waals surface area contributed by atoms with E-state index in [0.29, 0.717) is 18.1 Å². The molecule has 1 saturated carbocycles. The van der Waals surface area contributed by atoms with E-state index in [-0.39, 0.29) is 29.1 Å². The molecule has 1 aromatic carbocycles. The van der Waals surface area contributed by atoms with Gasteiger partial charge in [0.15, 0.2) is 9.84 Å². The van der Waals surface area contributed by atoms with Crippen molar-refractivity contribution in [2.75, 3.05) is 26.1 Å². The quantitative estimate of drug-likeness (QED) is 0.381. The molecule has 1 amide bonds. The van der Waals surface area contributed by atoms with E-state index in [1.54, 1.807) is 37.4 Å². The van der Waals surface area contributed by atoms with Crippen LogP contribution >= 0.6 is 11.3 Å². The van der Waals surface area contributed by atoms with Crippen LogP contribution in [-0.4, -0.2) is 50.4 Å². The Morgan fingerprint density at radius 2 is 1.86 bits per heavy atom. The Hall–Kier alpha value is -2.56. The SMILES string of the molecule is CCOCCS(=O)(=O)c1ccc(C(C(N)=O)C(c2nc3ccc(OC)nc3s2)C2CCCC2)cc1. The lowest BCUT2D eigenvalue weighted by molar-refractivity contribution is -0.120. The maximum Gasteiger partial charge on any atom is 0.225 e. The van der Waals surface area contributed by atoms with Crippen molar-refractivity contribution >= 4 is 37.4 Å². The lowest BCUT2D eigenvalue weighted by Gasteiger charge is -2.28. The van der Waals surface area contributed by atoms with E-state index < -0.39 is 21.7 Å². The molecule has 2 N–H and O–H groups in total. The minimum atomic E-state index is -3.48. The van der Waals surface area contributed by atoms with Crippen molar-refractivity contribution in [3.8, 4) is 5.88 Å². The molecule has 8 nitrogen and oxygen atoms in total. The second-order valence-corrected chi connectivity index (χ2v) is 11.9. The van der Waals surface area contributed by atoms with Crippen LogP contribution in [0.25, 0.3) is 10.3 Å². The van der Waals surface area contributed by atoms with Crippen molar-refractivity contribution in [2.24, 2.45) is 11.7 Å². The summed E-state index contributed by atoms with van der Waals surface area (Å²) in [4.78, 5) is 23.2. The molecule has 2 unspecified atom stereocenters. The summed E-state index contributed by atoms with van der Waals surface area (Å²) in [6, 6.07) is 10.2. The van der Waals surface area contributed by atoms with Gasteiger partial charge in [0.2, 0.25) is 11.8 Å². The molecule has 4 rings (SSSR count). The van der Waals surface area contributed by atoms with E-state index >= 15 is 0 Å². The third kappa shape index (κ3) is 5.65. The average Bonchev–Trinajstić information content (AvgIpc) is 3.52. The second kappa shape index (κ2) is 11.0. The maximum atomic E-state index is 12.9. The zero-order valence-corrected chi connectivity index (χ0v) is 21.6. The molecule has 3 aromatic rings. The molecule has 188 valence electrons. The molecule has 10 heteroatoms. The summed E-state index contributed by atoms with van der Waals surface area (Å²) in [6.07, 6.45) is 4.18. The minimum absolute atomic E-state index is 0.0910. The number of thiazole rings is 1. The number of benzene rings is 1. The number of sulfone groups is 1. The van der Waals surface area contributed by atoms with Crippen LogP contribution in [0.15, 0.2) is 41.3 Å². The highest BCUT2D eigenvalue weighted by atomic mass is 32.2. The molecule has 0 radical (unpaired) electrons. The third-order valence-electron chi connectivity index (χ3n) is 6.61. The molecule has 2 aromatic heterocycles. The number of aromatic nitrogens is 2. The van der Waals surface area contributed by atoms with Gasteiger partial charge in [-0.25, -0.2) is 18.4 Å². The van der Waals surface area contributed by atoms with E-state index in [1.165, 1.54) is 11.3 Å². The Morgan fingerprint density at radius 3 is 2.49 bits per heavy atom. The Morgan fingerprint density at radius 1 is 1.14 bits per heavy atom. The van der Waals surface area contributed by atoms with Gasteiger partial charge in [-0.3, -0.25) is 4.79 Å². The highest BCUT2D eigenvalue weighted by Gasteiger charge is 2.39. The number of rotatable bonds is 11. The molecule has 0 spiro atoms. The first-order valence-corrected chi connectivity index (χ1v) is 14.3. The zero-order chi connectivity index (χ0) is 25.0. The van der Waals surface area contributed by atoms with Crippen molar-refractivity contribution in [2.45, 2.75) is 49.3 Å². The molecule has 2 atom stereocenters. The van der Waals surface area contributed by atoms with Crippen molar-refractivity contribution in [3.63, 3.8) is 0 Å². The molecule has 1 aliphatic carbocycles. The number of nitrogens with zero attached hydrogens (tertiary/aromatic N) is 2. The number of hydrogen-bond acceptors (Lipinski definition) is 8. The van der Waals surface area contributed by atoms with Crippen molar-refractivity contribution < 1.29 is 22.7 Å². The normalized spacial score (nSPS) is 16.4. The molecular formula is C25H31N3O5S2. The van der Waals surface area contributed by atoms with Gasteiger partial charge in [0.25, 0.3) is 0 Å². The van der Waals surface area contributed by atoms with Crippen LogP contribution in [0.4, 0.5) is 0 Å². The number of carbonyl (C=O) groups is 1. The number of methoxy groups -OCH3 is 1. The average molecular weight is 518 g/mol. The first kappa shape index (κ1) is 25.5. The predicted octanol–water partition coefficient (Wildman–Crippen LogP) is 4.05. The van der Waals surface area contributed by atoms with Crippen LogP contribution < -0.4 is 10.5 Å². The minimum Gasteiger partial charge on any atom is -0.481 e. The highest BCUT2D eigenvalue weighted by Crippen LogP contribution is 2.47. The molecule has 1 fully saturated rings. The van der Waals surface area contributed by atoms with Crippen LogP contribution in [-0.2, 0) is 19.4 Å². The fourth-order valence-electron chi connectivity index (χ4n) is 4.87. The topological polar surface area (TPSA) is 121 Å². The lowest BCUT2D eigenvalue weighted by atomic mass is 9.77. The molecular weight excluding hydrogens is 486 g/mol. The van der Waals surface area contributed by atoms with Gasteiger partial charge in [0.05, 0.1) is 35.3 Å². The van der Waals surface area contributed by atoms with Crippen LogP contribution in [0, 0.1) is 5.92 Å². The van der Waals surface area contributed by atoms with E-state index in [4.69, 9.17) is 20.2 Å². The molecule has 0 saturated heterocycles. The van der Waals surface area contributed by atoms with Crippen molar-refractivity contribution in [3.05, 3.63) is 47.0 Å². The van der Waals surface area contributed by atoms with E-state index in [9.17, 15) is 13.2 Å². The molecule has 0 bridgehead atoms. The standard InChI is InChI=1S/C25H31N3O5S2/c1-3-33-14-15-35(30,31)18-10-8-17(9-11-18)21(23(26)29)22(16-6-4-5-7-16)25-27-19-12-13-20(32-2)28-24(19)34-25/h8-13,16,21-22H,3-7,14-15H2,1-2H3,(H2,26,29). The van der Waals surface area contributed by atoms with Gasteiger partial charge in [-0.1, -0.05) is 36.3 Å². The second-order valence-electron chi connectivity index (χ2n) is 8.77. The first-order valence-electron chi connectivity index (χ1n) is 11.8. The predicted molar refractivity (Wildman–Crippen MR) is 136 cm³/mol. The molecule has 0 aliphatic heterocycles. The number of ether oxygens (including phenoxy) is 2. The van der Waals surface area contributed by atoms with Gasteiger partial charge in [0, 0.05) is 18.6 Å². The van der Waals surface area contributed by atoms with Gasteiger partial charge in [-0.05, 0) is 49.4 Å². The molecule has 1 aliphatic rings. The monoisotopic (exact) mass is 517 g/mol. The lowest BCUT2D eigenvalue weighted by Crippen LogP contribution is -2.30.